The molecule has 3 N–H and O–H groups in total. The Morgan fingerprint density at radius 1 is 1.13 bits per heavy atom. The van der Waals surface area contributed by atoms with Gasteiger partial charge < -0.3 is 20.3 Å². The van der Waals surface area contributed by atoms with E-state index in [0.29, 0.717) is 38.1 Å². The maximum absolute atomic E-state index is 12.5. The number of likely N-dealkylation sites (tertiary alicyclic amines) is 1. The first-order valence-electron chi connectivity index (χ1n) is 11.4. The number of benzene rings is 1. The molecule has 0 spiro atoms. The van der Waals surface area contributed by atoms with E-state index in [2.05, 4.69) is 62.6 Å². The Morgan fingerprint density at radius 2 is 1.77 bits per heavy atom. The molecule has 2 rings (SSSR count). The molecule has 168 valence electrons. The molecule has 1 heterocycles. The van der Waals surface area contributed by atoms with Crippen LogP contribution < -0.4 is 10.6 Å². The molecule has 1 aromatic carbocycles. The number of quaternary nitrogens is 1. The van der Waals surface area contributed by atoms with E-state index in [0.717, 1.165) is 19.3 Å². The number of hydrogen-bond acceptors (Lipinski definition) is 3. The van der Waals surface area contributed by atoms with Crippen LogP contribution in [0.1, 0.15) is 64.6 Å². The van der Waals surface area contributed by atoms with Crippen LogP contribution >= 0.6 is 0 Å². The maximum Gasteiger partial charge on any atom is 0.409 e. The van der Waals surface area contributed by atoms with Gasteiger partial charge in [-0.25, -0.2) is 4.79 Å². The average molecular weight is 419 g/mol. The van der Waals surface area contributed by atoms with Crippen molar-refractivity contribution in [1.29, 1.82) is 0 Å². The highest BCUT2D eigenvalue weighted by atomic mass is 16.6. The van der Waals surface area contributed by atoms with Crippen LogP contribution in [0.15, 0.2) is 24.3 Å². The van der Waals surface area contributed by atoms with E-state index < -0.39 is 0 Å². The second-order valence-electron chi connectivity index (χ2n) is 9.08. The number of nitrogens with one attached hydrogen (secondary N) is 1. The molecule has 0 unspecified atom stereocenters. The monoisotopic (exact) mass is 418 g/mol. The first kappa shape index (κ1) is 24.2. The third-order valence-electron chi connectivity index (χ3n) is 5.67. The van der Waals surface area contributed by atoms with Crippen LogP contribution in [0.2, 0.25) is 0 Å². The number of piperidine rings is 1. The molecule has 0 saturated carbocycles. The maximum atomic E-state index is 12.5. The van der Waals surface area contributed by atoms with Crippen molar-refractivity contribution in [3.05, 3.63) is 35.4 Å². The Bertz CT molecular complexity index is 665. The number of nitrogens with two attached hydrogens (primary N) is 1. The van der Waals surface area contributed by atoms with Gasteiger partial charge in [-0.05, 0) is 37.7 Å². The topological polar surface area (TPSA) is 75.2 Å². The van der Waals surface area contributed by atoms with Crippen LogP contribution in [0.4, 0.5) is 4.79 Å². The van der Waals surface area contributed by atoms with Gasteiger partial charge in [0.15, 0.2) is 6.54 Å². The minimum absolute atomic E-state index is 0.0617. The van der Waals surface area contributed by atoms with Crippen LogP contribution in [-0.2, 0) is 16.0 Å². The molecule has 0 aliphatic carbocycles. The van der Waals surface area contributed by atoms with E-state index in [4.69, 9.17) is 4.74 Å². The summed E-state index contributed by atoms with van der Waals surface area (Å²) in [6.07, 6.45) is 2.38. The first-order chi connectivity index (χ1) is 14.3. The average Bonchev–Trinajstić information content (AvgIpc) is 2.69. The zero-order chi connectivity index (χ0) is 22.1. The molecule has 1 saturated heterocycles. The van der Waals surface area contributed by atoms with Crippen LogP contribution in [0.25, 0.3) is 0 Å². The lowest BCUT2D eigenvalue weighted by molar-refractivity contribution is -0.692. The number of amides is 2. The number of rotatable bonds is 9. The van der Waals surface area contributed by atoms with Gasteiger partial charge in [-0.1, -0.05) is 52.0 Å². The SMILES string of the molecule is CCOC(=O)N1CCC(NC(=O)C[NH2+][C@@H](c2ccc(CC(C)C)cc2)C(C)C)CC1. The quantitative estimate of drug-likeness (QED) is 0.647. The predicted molar refractivity (Wildman–Crippen MR) is 119 cm³/mol. The normalized spacial score (nSPS) is 16.0. The molecule has 6 heteroatoms. The second kappa shape index (κ2) is 11.9. The van der Waals surface area contributed by atoms with Crippen molar-refractivity contribution in [2.24, 2.45) is 11.8 Å². The van der Waals surface area contributed by atoms with Gasteiger partial charge in [0.1, 0.15) is 6.04 Å². The molecular formula is C24H40N3O3+. The van der Waals surface area contributed by atoms with E-state index in [-0.39, 0.29) is 24.1 Å². The summed E-state index contributed by atoms with van der Waals surface area (Å²) in [4.78, 5) is 26.0. The summed E-state index contributed by atoms with van der Waals surface area (Å²) < 4.78 is 5.05. The molecule has 2 amide bonds. The van der Waals surface area contributed by atoms with Crippen molar-refractivity contribution in [1.82, 2.24) is 10.2 Å². The fourth-order valence-corrected chi connectivity index (χ4v) is 4.08. The number of nitrogens with zero attached hydrogens (tertiary/aromatic N) is 1. The molecule has 30 heavy (non-hydrogen) atoms. The number of ether oxygens (including phenoxy) is 1. The molecule has 0 radical (unpaired) electrons. The molecule has 1 aliphatic heterocycles. The van der Waals surface area contributed by atoms with E-state index in [1.165, 1.54) is 11.1 Å². The van der Waals surface area contributed by atoms with E-state index in [9.17, 15) is 9.59 Å². The van der Waals surface area contributed by atoms with Gasteiger partial charge in [-0.2, -0.15) is 0 Å². The molecule has 6 nitrogen and oxygen atoms in total. The van der Waals surface area contributed by atoms with Crippen molar-refractivity contribution in [2.75, 3.05) is 26.2 Å². The van der Waals surface area contributed by atoms with Crippen molar-refractivity contribution >= 4 is 12.0 Å². The van der Waals surface area contributed by atoms with E-state index >= 15 is 0 Å². The lowest BCUT2D eigenvalue weighted by Crippen LogP contribution is -2.88. The minimum atomic E-state index is -0.255. The molecule has 0 bridgehead atoms. The smallest absolute Gasteiger partial charge is 0.409 e. The standard InChI is InChI=1S/C24H39N3O3/c1-6-30-24(29)27-13-11-21(12-14-27)26-22(28)16-25-23(18(4)5)20-9-7-19(8-10-20)15-17(2)3/h7-10,17-18,21,23,25H,6,11-16H2,1-5H3,(H,26,28)/p+1/t23-/m1/s1. The lowest BCUT2D eigenvalue weighted by Gasteiger charge is -2.31. The largest absolute Gasteiger partial charge is 0.450 e. The van der Waals surface area contributed by atoms with Gasteiger partial charge in [0.2, 0.25) is 0 Å². The summed E-state index contributed by atoms with van der Waals surface area (Å²) in [5.41, 5.74) is 2.64. The van der Waals surface area contributed by atoms with Crippen molar-refractivity contribution in [3.63, 3.8) is 0 Å². The Kier molecular flexibility index (Phi) is 9.63. The summed E-state index contributed by atoms with van der Waals surface area (Å²) in [6, 6.07) is 9.24. The van der Waals surface area contributed by atoms with Crippen molar-refractivity contribution in [2.45, 2.75) is 66.0 Å². The summed E-state index contributed by atoms with van der Waals surface area (Å²) in [5.74, 6) is 1.14. The Hall–Kier alpha value is -2.08. The van der Waals surface area contributed by atoms with Crippen molar-refractivity contribution in [3.8, 4) is 0 Å². The zero-order valence-electron chi connectivity index (χ0n) is 19.3. The van der Waals surface area contributed by atoms with Gasteiger partial charge >= 0.3 is 6.09 Å². The second-order valence-corrected chi connectivity index (χ2v) is 9.08. The fourth-order valence-electron chi connectivity index (χ4n) is 4.08. The predicted octanol–water partition coefficient (Wildman–Crippen LogP) is 2.88. The van der Waals surface area contributed by atoms with Crippen molar-refractivity contribution < 1.29 is 19.6 Å². The summed E-state index contributed by atoms with van der Waals surface area (Å²) in [5, 5.41) is 5.28. The molecule has 1 atom stereocenters. The highest BCUT2D eigenvalue weighted by Gasteiger charge is 2.26. The summed E-state index contributed by atoms with van der Waals surface area (Å²) >= 11 is 0. The summed E-state index contributed by atoms with van der Waals surface area (Å²) in [6.45, 7) is 12.7. The van der Waals surface area contributed by atoms with Crippen LogP contribution in [0.5, 0.6) is 0 Å². The lowest BCUT2D eigenvalue weighted by atomic mass is 9.93. The molecule has 1 aromatic rings. The molecule has 1 aliphatic rings. The van der Waals surface area contributed by atoms with Crippen LogP contribution in [0, 0.1) is 11.8 Å². The van der Waals surface area contributed by atoms with Gasteiger partial charge in [-0.3, -0.25) is 4.79 Å². The first-order valence-corrected chi connectivity index (χ1v) is 11.4. The number of hydrogen-bond donors (Lipinski definition) is 2. The molecule has 1 fully saturated rings. The Labute approximate surface area is 181 Å². The molecular weight excluding hydrogens is 378 g/mol. The third kappa shape index (κ3) is 7.63. The third-order valence-corrected chi connectivity index (χ3v) is 5.67. The fraction of sp³-hybridized carbons (Fsp3) is 0.667. The number of carbonyl (C=O) groups excluding carboxylic acids is 2. The van der Waals surface area contributed by atoms with E-state index in [1.807, 2.05) is 6.92 Å². The van der Waals surface area contributed by atoms with Gasteiger partial charge in [0, 0.05) is 30.6 Å². The minimum Gasteiger partial charge on any atom is -0.450 e. The number of carbonyl (C=O) groups is 2. The van der Waals surface area contributed by atoms with Crippen LogP contribution in [-0.4, -0.2) is 49.2 Å². The van der Waals surface area contributed by atoms with Gasteiger partial charge in [0.25, 0.3) is 5.91 Å². The Morgan fingerprint density at radius 3 is 2.30 bits per heavy atom. The summed E-state index contributed by atoms with van der Waals surface area (Å²) in [7, 11) is 0. The zero-order valence-corrected chi connectivity index (χ0v) is 19.3. The Balaban J connectivity index is 1.81. The molecule has 0 aromatic heterocycles. The van der Waals surface area contributed by atoms with Crippen LogP contribution in [0.3, 0.4) is 0 Å². The highest BCUT2D eigenvalue weighted by molar-refractivity contribution is 5.77. The van der Waals surface area contributed by atoms with E-state index in [1.54, 1.807) is 4.90 Å². The van der Waals surface area contributed by atoms with Gasteiger partial charge in [0.05, 0.1) is 6.61 Å². The highest BCUT2D eigenvalue weighted by Crippen LogP contribution is 2.19. The van der Waals surface area contributed by atoms with Gasteiger partial charge in [-0.15, -0.1) is 0 Å².